The lowest BCUT2D eigenvalue weighted by Gasteiger charge is -2.43. The number of nitrogens with two attached hydrogens (primary N) is 1. The van der Waals surface area contributed by atoms with Crippen LogP contribution in [0.25, 0.3) is 0 Å². The van der Waals surface area contributed by atoms with E-state index in [-0.39, 0.29) is 34.9 Å². The van der Waals surface area contributed by atoms with Gasteiger partial charge in [0.15, 0.2) is 9.84 Å². The Balaban J connectivity index is 1.52. The number of benzene rings is 2. The molecule has 0 aliphatic carbocycles. The summed E-state index contributed by atoms with van der Waals surface area (Å²) in [6.07, 6.45) is 0.546. The first-order valence-corrected chi connectivity index (χ1v) is 14.1. The summed E-state index contributed by atoms with van der Waals surface area (Å²) in [6, 6.07) is 12.6. The van der Waals surface area contributed by atoms with Crippen LogP contribution < -0.4 is 14.8 Å². The molecule has 0 spiro atoms. The van der Waals surface area contributed by atoms with E-state index in [0.29, 0.717) is 31.0 Å². The molecule has 1 amide bonds. The highest BCUT2D eigenvalue weighted by molar-refractivity contribution is 7.91. The molecule has 2 fully saturated rings. The molecule has 0 aromatic heterocycles. The van der Waals surface area contributed by atoms with Gasteiger partial charge < -0.3 is 9.64 Å². The maximum absolute atomic E-state index is 13.1. The van der Waals surface area contributed by atoms with Gasteiger partial charge in [-0.1, -0.05) is 12.1 Å². The molecule has 2 N–H and O–H groups in total. The Morgan fingerprint density at radius 2 is 1.67 bits per heavy atom. The van der Waals surface area contributed by atoms with Crippen molar-refractivity contribution >= 4 is 31.5 Å². The highest BCUT2D eigenvalue weighted by Gasteiger charge is 2.49. The number of hydrogen-bond donors (Lipinski definition) is 1. The molecule has 0 saturated carbocycles. The fourth-order valence-corrected chi connectivity index (χ4v) is 7.02. The molecule has 0 radical (unpaired) electrons. The molecule has 2 atom stereocenters. The Kier molecular flexibility index (Phi) is 6.50. The number of sulfone groups is 1. The zero-order chi connectivity index (χ0) is 23.8. The molecular formula is C22H27N3O6S2. The van der Waals surface area contributed by atoms with Crippen molar-refractivity contribution in [3.8, 4) is 5.75 Å². The van der Waals surface area contributed by atoms with Crippen molar-refractivity contribution < 1.29 is 26.4 Å². The third kappa shape index (κ3) is 5.21. The highest BCUT2D eigenvalue weighted by Crippen LogP contribution is 2.32. The molecule has 2 aromatic rings. The average Bonchev–Trinajstić information content (AvgIpc) is 3.07. The molecule has 2 aliphatic heterocycles. The molecule has 11 heteroatoms. The molecule has 9 nitrogen and oxygen atoms in total. The van der Waals surface area contributed by atoms with E-state index in [4.69, 9.17) is 9.88 Å². The number of hydrogen-bond acceptors (Lipinski definition) is 7. The lowest BCUT2D eigenvalue weighted by molar-refractivity contribution is -0.123. The first kappa shape index (κ1) is 23.7. The predicted octanol–water partition coefficient (Wildman–Crippen LogP) is 0.790. The normalized spacial score (nSPS) is 22.8. The lowest BCUT2D eigenvalue weighted by atomic mass is 10.0. The largest absolute Gasteiger partial charge is 0.494 e. The van der Waals surface area contributed by atoms with E-state index in [0.717, 1.165) is 5.56 Å². The van der Waals surface area contributed by atoms with E-state index in [1.165, 1.54) is 12.1 Å². The summed E-state index contributed by atoms with van der Waals surface area (Å²) in [4.78, 5) is 16.7. The molecule has 2 aromatic carbocycles. The van der Waals surface area contributed by atoms with Gasteiger partial charge in [-0.2, -0.15) is 0 Å². The molecular weight excluding hydrogens is 466 g/mol. The van der Waals surface area contributed by atoms with Gasteiger partial charge >= 0.3 is 0 Å². The fraction of sp³-hybridized carbons (Fsp3) is 0.409. The van der Waals surface area contributed by atoms with Gasteiger partial charge in [0, 0.05) is 18.3 Å². The van der Waals surface area contributed by atoms with Crippen LogP contribution in [-0.4, -0.2) is 70.9 Å². The number of nitrogens with zero attached hydrogens (tertiary/aromatic N) is 2. The molecule has 2 unspecified atom stereocenters. The van der Waals surface area contributed by atoms with Gasteiger partial charge in [0.2, 0.25) is 15.9 Å². The smallest absolute Gasteiger partial charge is 0.241 e. The van der Waals surface area contributed by atoms with Crippen molar-refractivity contribution in [3.63, 3.8) is 0 Å². The minimum Gasteiger partial charge on any atom is -0.494 e. The van der Waals surface area contributed by atoms with Gasteiger partial charge in [-0.05, 0) is 55.3 Å². The van der Waals surface area contributed by atoms with Crippen LogP contribution in [0.2, 0.25) is 0 Å². The Labute approximate surface area is 194 Å². The van der Waals surface area contributed by atoms with Crippen molar-refractivity contribution in [3.05, 3.63) is 54.1 Å². The predicted molar refractivity (Wildman–Crippen MR) is 124 cm³/mol. The number of ether oxygens (including phenoxy) is 1. The van der Waals surface area contributed by atoms with Gasteiger partial charge in [-0.15, -0.1) is 0 Å². The first-order chi connectivity index (χ1) is 15.6. The van der Waals surface area contributed by atoms with Crippen molar-refractivity contribution in [1.82, 2.24) is 4.90 Å². The van der Waals surface area contributed by atoms with E-state index >= 15 is 0 Å². The van der Waals surface area contributed by atoms with Crippen LogP contribution in [-0.2, 0) is 31.1 Å². The summed E-state index contributed by atoms with van der Waals surface area (Å²) < 4.78 is 53.4. The van der Waals surface area contributed by atoms with Gasteiger partial charge in [-0.25, -0.2) is 22.0 Å². The maximum atomic E-state index is 13.1. The Hall–Kier alpha value is -2.47. The van der Waals surface area contributed by atoms with Crippen LogP contribution in [0.3, 0.4) is 0 Å². The Morgan fingerprint density at radius 3 is 2.27 bits per heavy atom. The van der Waals surface area contributed by atoms with Gasteiger partial charge in [0.25, 0.3) is 0 Å². The number of sulfonamides is 1. The number of anilines is 1. The highest BCUT2D eigenvalue weighted by atomic mass is 32.2. The second-order valence-electron chi connectivity index (χ2n) is 8.31. The van der Waals surface area contributed by atoms with Crippen LogP contribution >= 0.6 is 0 Å². The first-order valence-electron chi connectivity index (χ1n) is 10.7. The average molecular weight is 494 g/mol. The van der Waals surface area contributed by atoms with Gasteiger partial charge in [0.05, 0.1) is 35.6 Å². The quantitative estimate of drug-likeness (QED) is 0.604. The Morgan fingerprint density at radius 1 is 1.03 bits per heavy atom. The van der Waals surface area contributed by atoms with Crippen LogP contribution in [0, 0.1) is 0 Å². The zero-order valence-electron chi connectivity index (χ0n) is 18.3. The van der Waals surface area contributed by atoms with Gasteiger partial charge in [0.1, 0.15) is 5.75 Å². The van der Waals surface area contributed by atoms with Crippen LogP contribution in [0.1, 0.15) is 12.5 Å². The topological polar surface area (TPSA) is 127 Å². The molecule has 178 valence electrons. The number of primary sulfonamides is 1. The number of rotatable bonds is 7. The van der Waals surface area contributed by atoms with Crippen molar-refractivity contribution in [2.24, 2.45) is 5.14 Å². The monoisotopic (exact) mass is 493 g/mol. The zero-order valence-corrected chi connectivity index (χ0v) is 19.9. The van der Waals surface area contributed by atoms with Crippen molar-refractivity contribution in [2.75, 3.05) is 36.1 Å². The summed E-state index contributed by atoms with van der Waals surface area (Å²) in [5, 5.41) is 5.14. The van der Waals surface area contributed by atoms with E-state index in [2.05, 4.69) is 0 Å². The SMILES string of the molecule is CCOc1ccc(N2C(=O)CN(CCc3ccc(S(N)(=O)=O)cc3)C3CS(=O)(=O)CC32)cc1. The third-order valence-electron chi connectivity index (χ3n) is 6.07. The molecule has 2 aliphatic rings. The third-order valence-corrected chi connectivity index (χ3v) is 8.69. The molecule has 33 heavy (non-hydrogen) atoms. The lowest BCUT2D eigenvalue weighted by Crippen LogP contribution is -2.62. The van der Waals surface area contributed by atoms with Gasteiger partial charge in [-0.3, -0.25) is 9.69 Å². The summed E-state index contributed by atoms with van der Waals surface area (Å²) in [7, 11) is -7.05. The van der Waals surface area contributed by atoms with Crippen LogP contribution in [0.5, 0.6) is 5.75 Å². The van der Waals surface area contributed by atoms with Crippen LogP contribution in [0.4, 0.5) is 5.69 Å². The molecule has 2 heterocycles. The molecule has 4 rings (SSSR count). The number of fused-ring (bicyclic) bond motifs is 1. The minimum absolute atomic E-state index is 0.00281. The number of carbonyl (C=O) groups excluding carboxylic acids is 1. The maximum Gasteiger partial charge on any atom is 0.241 e. The molecule has 0 bridgehead atoms. The van der Waals surface area contributed by atoms with E-state index in [1.54, 1.807) is 41.3 Å². The number of amides is 1. The van der Waals surface area contributed by atoms with Crippen molar-refractivity contribution in [2.45, 2.75) is 30.3 Å². The number of carbonyl (C=O) groups is 1. The van der Waals surface area contributed by atoms with Crippen LogP contribution in [0.15, 0.2) is 53.4 Å². The standard InChI is InChI=1S/C22H27N3O6S2/c1-2-31-18-7-5-17(6-8-18)25-21-15-32(27,28)14-20(21)24(13-22(25)26)12-11-16-3-9-19(10-4-16)33(23,29)30/h3-10,20-21H,2,11-15H2,1H3,(H2,23,29,30). The van der Waals surface area contributed by atoms with E-state index in [9.17, 15) is 21.6 Å². The second kappa shape index (κ2) is 9.05. The second-order valence-corrected chi connectivity index (χ2v) is 12.0. The summed E-state index contributed by atoms with van der Waals surface area (Å²) in [5.74, 6) is 0.470. The van der Waals surface area contributed by atoms with Crippen molar-refractivity contribution in [1.29, 1.82) is 0 Å². The summed E-state index contributed by atoms with van der Waals surface area (Å²) in [5.41, 5.74) is 1.54. The summed E-state index contributed by atoms with van der Waals surface area (Å²) in [6.45, 7) is 3.01. The number of piperazine rings is 1. The van der Waals surface area contributed by atoms with E-state index in [1.807, 2.05) is 11.8 Å². The van der Waals surface area contributed by atoms with E-state index < -0.39 is 25.9 Å². The molecule has 2 saturated heterocycles. The summed E-state index contributed by atoms with van der Waals surface area (Å²) >= 11 is 0. The minimum atomic E-state index is -3.76. The Bertz CT molecular complexity index is 1230. The fourth-order valence-electron chi connectivity index (χ4n) is 4.53.